The summed E-state index contributed by atoms with van der Waals surface area (Å²) in [4.78, 5) is 11.4. The number of ether oxygens (including phenoxy) is 1. The number of amidine groups is 1. The highest BCUT2D eigenvalue weighted by Gasteiger charge is 2.23. The van der Waals surface area contributed by atoms with Gasteiger partial charge in [0, 0.05) is 6.07 Å². The topological polar surface area (TPSA) is 136 Å². The Morgan fingerprint density at radius 2 is 2.40 bits per heavy atom. The Bertz CT molecular complexity index is 646. The lowest BCUT2D eigenvalue weighted by Crippen LogP contribution is -2.34. The van der Waals surface area contributed by atoms with Crippen molar-refractivity contribution in [1.29, 1.82) is 10.7 Å². The first kappa shape index (κ1) is 13.4. The molecule has 1 heterocycles. The quantitative estimate of drug-likeness (QED) is 0.363. The molecule has 2 rings (SSSR count). The van der Waals surface area contributed by atoms with Crippen LogP contribution in [0.1, 0.15) is 6.92 Å². The first-order chi connectivity index (χ1) is 9.51. The van der Waals surface area contributed by atoms with Crippen LogP contribution < -0.4 is 21.2 Å². The van der Waals surface area contributed by atoms with Gasteiger partial charge in [0.2, 0.25) is 5.71 Å². The molecular formula is C12H12N6O2. The molecule has 8 nitrogen and oxygen atoms in total. The molecule has 0 saturated carbocycles. The fourth-order valence-electron chi connectivity index (χ4n) is 1.54. The highest BCUT2D eigenvalue weighted by atomic mass is 16.5. The third-order valence-electron chi connectivity index (χ3n) is 2.57. The monoisotopic (exact) mass is 272 g/mol. The van der Waals surface area contributed by atoms with Gasteiger partial charge in [0.1, 0.15) is 11.8 Å². The molecule has 1 aromatic carbocycles. The van der Waals surface area contributed by atoms with Gasteiger partial charge in [0.05, 0.1) is 11.4 Å². The summed E-state index contributed by atoms with van der Waals surface area (Å²) in [5, 5.41) is 22.3. The zero-order valence-electron chi connectivity index (χ0n) is 10.6. The van der Waals surface area contributed by atoms with Crippen LogP contribution >= 0.6 is 0 Å². The summed E-state index contributed by atoms with van der Waals surface area (Å²) in [6.45, 7) is 1.64. The van der Waals surface area contributed by atoms with Crippen molar-refractivity contribution in [3.05, 3.63) is 18.2 Å². The second kappa shape index (κ2) is 5.27. The van der Waals surface area contributed by atoms with Crippen molar-refractivity contribution in [1.82, 2.24) is 0 Å². The number of nitrogens with zero attached hydrogens (tertiary/aromatic N) is 2. The lowest BCUT2D eigenvalue weighted by Gasteiger charge is -2.23. The van der Waals surface area contributed by atoms with E-state index in [1.165, 1.54) is 0 Å². The normalized spacial score (nSPS) is 17.3. The molecule has 5 N–H and O–H groups in total. The number of nitrogens with two attached hydrogens (primary N) is 1. The maximum Gasteiger partial charge on any atom is 0.265 e. The Kier molecular flexibility index (Phi) is 3.52. The van der Waals surface area contributed by atoms with Crippen molar-refractivity contribution in [3.63, 3.8) is 0 Å². The first-order valence-electron chi connectivity index (χ1n) is 5.71. The summed E-state index contributed by atoms with van der Waals surface area (Å²) in [5.74, 6) is -0.131. The van der Waals surface area contributed by atoms with Crippen molar-refractivity contribution in [2.75, 3.05) is 10.7 Å². The van der Waals surface area contributed by atoms with E-state index in [-0.39, 0.29) is 11.6 Å². The molecule has 0 spiro atoms. The third kappa shape index (κ3) is 2.67. The van der Waals surface area contributed by atoms with Crippen molar-refractivity contribution < 1.29 is 9.53 Å². The van der Waals surface area contributed by atoms with Gasteiger partial charge in [-0.1, -0.05) is 0 Å². The lowest BCUT2D eigenvalue weighted by atomic mass is 10.2. The maximum absolute atomic E-state index is 11.4. The molecule has 1 amide bonds. The van der Waals surface area contributed by atoms with Crippen molar-refractivity contribution >= 4 is 28.8 Å². The molecular weight excluding hydrogens is 260 g/mol. The number of carbonyl (C=O) groups excluding carboxylic acids is 1. The minimum atomic E-state index is -0.576. The Labute approximate surface area is 114 Å². The molecule has 0 saturated heterocycles. The SMILES string of the molecule is CC1Oc2cc(N/N=C(\C#N)C(=N)N)ccc2NC1=O. The molecule has 0 radical (unpaired) electrons. The molecule has 1 aliphatic rings. The van der Waals surface area contributed by atoms with Gasteiger partial charge in [-0.2, -0.15) is 10.4 Å². The average Bonchev–Trinajstić information content (AvgIpc) is 2.40. The molecule has 1 aromatic rings. The number of carbonyl (C=O) groups is 1. The van der Waals surface area contributed by atoms with E-state index in [9.17, 15) is 4.79 Å². The Morgan fingerprint density at radius 3 is 3.05 bits per heavy atom. The number of anilines is 2. The fourth-order valence-corrected chi connectivity index (χ4v) is 1.54. The zero-order valence-corrected chi connectivity index (χ0v) is 10.6. The summed E-state index contributed by atoms with van der Waals surface area (Å²) in [6, 6.07) is 6.62. The predicted octanol–water partition coefficient (Wildman–Crippen LogP) is 0.633. The number of fused-ring (bicyclic) bond motifs is 1. The van der Waals surface area contributed by atoms with Crippen LogP contribution in [0.2, 0.25) is 0 Å². The predicted molar refractivity (Wildman–Crippen MR) is 73.7 cm³/mol. The Balaban J connectivity index is 2.21. The van der Waals surface area contributed by atoms with E-state index in [1.54, 1.807) is 31.2 Å². The molecule has 0 bridgehead atoms. The van der Waals surface area contributed by atoms with Gasteiger partial charge in [-0.05, 0) is 19.1 Å². The van der Waals surface area contributed by atoms with E-state index in [2.05, 4.69) is 15.8 Å². The first-order valence-corrected chi connectivity index (χ1v) is 5.71. The standard InChI is InChI=1S/C12H12N6O2/c1-6-12(19)16-8-3-2-7(4-10(8)20-6)17-18-9(5-13)11(14)15/h2-4,6,17H,1H3,(H3,14,15)(H,16,19)/b18-9+. The smallest absolute Gasteiger partial charge is 0.265 e. The molecule has 1 aliphatic heterocycles. The number of amides is 1. The summed E-state index contributed by atoms with van der Waals surface area (Å²) in [6.07, 6.45) is -0.576. The summed E-state index contributed by atoms with van der Waals surface area (Å²) >= 11 is 0. The summed E-state index contributed by atoms with van der Waals surface area (Å²) in [5.41, 5.74) is 8.67. The van der Waals surface area contributed by atoms with Gasteiger partial charge >= 0.3 is 0 Å². The van der Waals surface area contributed by atoms with Gasteiger partial charge in [-0.15, -0.1) is 0 Å². The van der Waals surface area contributed by atoms with Crippen LogP contribution in [0.4, 0.5) is 11.4 Å². The summed E-state index contributed by atoms with van der Waals surface area (Å²) in [7, 11) is 0. The Hall–Kier alpha value is -3.08. The Morgan fingerprint density at radius 1 is 1.65 bits per heavy atom. The molecule has 20 heavy (non-hydrogen) atoms. The van der Waals surface area contributed by atoms with Crippen LogP contribution in [0.15, 0.2) is 23.3 Å². The number of nitriles is 1. The average molecular weight is 272 g/mol. The molecule has 8 heteroatoms. The van der Waals surface area contributed by atoms with E-state index >= 15 is 0 Å². The van der Waals surface area contributed by atoms with Crippen LogP contribution in [0.25, 0.3) is 0 Å². The van der Waals surface area contributed by atoms with E-state index in [4.69, 9.17) is 21.1 Å². The number of hydrogen-bond donors (Lipinski definition) is 4. The van der Waals surface area contributed by atoms with E-state index in [0.29, 0.717) is 17.1 Å². The zero-order chi connectivity index (χ0) is 14.7. The van der Waals surface area contributed by atoms with Gasteiger partial charge in [0.15, 0.2) is 11.9 Å². The van der Waals surface area contributed by atoms with E-state index in [1.807, 2.05) is 0 Å². The number of hydrazone groups is 1. The number of hydrogen-bond acceptors (Lipinski definition) is 6. The number of nitrogens with one attached hydrogen (secondary N) is 3. The third-order valence-corrected chi connectivity index (χ3v) is 2.57. The van der Waals surface area contributed by atoms with Gasteiger partial charge < -0.3 is 15.8 Å². The van der Waals surface area contributed by atoms with Gasteiger partial charge in [0.25, 0.3) is 5.91 Å². The second-order valence-corrected chi connectivity index (χ2v) is 4.06. The van der Waals surface area contributed by atoms with Crippen LogP contribution in [-0.2, 0) is 4.79 Å². The highest BCUT2D eigenvalue weighted by Crippen LogP contribution is 2.32. The van der Waals surface area contributed by atoms with Crippen molar-refractivity contribution in [2.45, 2.75) is 13.0 Å². The molecule has 102 valence electrons. The van der Waals surface area contributed by atoms with Crippen molar-refractivity contribution in [2.24, 2.45) is 10.8 Å². The molecule has 1 unspecified atom stereocenters. The van der Waals surface area contributed by atoms with E-state index < -0.39 is 11.9 Å². The molecule has 1 atom stereocenters. The van der Waals surface area contributed by atoms with Crippen LogP contribution in [0.3, 0.4) is 0 Å². The van der Waals surface area contributed by atoms with Crippen molar-refractivity contribution in [3.8, 4) is 11.8 Å². The second-order valence-electron chi connectivity index (χ2n) is 4.06. The highest BCUT2D eigenvalue weighted by molar-refractivity contribution is 6.45. The molecule has 0 aliphatic carbocycles. The lowest BCUT2D eigenvalue weighted by molar-refractivity contribution is -0.122. The molecule has 0 fully saturated rings. The summed E-state index contributed by atoms with van der Waals surface area (Å²) < 4.78 is 5.43. The van der Waals surface area contributed by atoms with Gasteiger partial charge in [-0.25, -0.2) is 0 Å². The van der Waals surface area contributed by atoms with E-state index in [0.717, 1.165) is 0 Å². The van der Waals surface area contributed by atoms with Crippen LogP contribution in [0.5, 0.6) is 5.75 Å². The number of benzene rings is 1. The maximum atomic E-state index is 11.4. The van der Waals surface area contributed by atoms with Gasteiger partial charge in [-0.3, -0.25) is 15.6 Å². The van der Waals surface area contributed by atoms with Crippen LogP contribution in [-0.4, -0.2) is 23.6 Å². The number of rotatable bonds is 3. The van der Waals surface area contributed by atoms with Crippen LogP contribution in [0, 0.1) is 16.7 Å². The fraction of sp³-hybridized carbons (Fsp3) is 0.167. The largest absolute Gasteiger partial charge is 0.479 e. The minimum Gasteiger partial charge on any atom is -0.479 e. The minimum absolute atomic E-state index is 0.209. The molecule has 0 aromatic heterocycles.